The molecule has 1 saturated heterocycles. The highest BCUT2D eigenvalue weighted by molar-refractivity contribution is 7.89. The summed E-state index contributed by atoms with van der Waals surface area (Å²) in [5, 5.41) is 5.16. The summed E-state index contributed by atoms with van der Waals surface area (Å²) >= 11 is 0. The number of anilines is 1. The second kappa shape index (κ2) is 9.23. The number of alkyl halides is 3. The van der Waals surface area contributed by atoms with Crippen molar-refractivity contribution in [3.8, 4) is 0 Å². The molecule has 0 spiro atoms. The van der Waals surface area contributed by atoms with E-state index in [1.807, 2.05) is 6.92 Å². The molecule has 0 radical (unpaired) electrons. The number of amides is 1. The van der Waals surface area contributed by atoms with Crippen molar-refractivity contribution in [1.29, 1.82) is 0 Å². The second-order valence-corrected chi connectivity index (χ2v) is 9.09. The van der Waals surface area contributed by atoms with Gasteiger partial charge in [0.25, 0.3) is 0 Å². The zero-order valence-corrected chi connectivity index (χ0v) is 17.6. The van der Waals surface area contributed by atoms with Crippen LogP contribution < -0.4 is 10.6 Å². The number of hydrogen-bond donors (Lipinski definition) is 2. The maximum Gasteiger partial charge on any atom is 0.419 e. The maximum absolute atomic E-state index is 13.0. The largest absolute Gasteiger partial charge is 0.419 e. The molecule has 7 nitrogen and oxygen atoms in total. The van der Waals surface area contributed by atoms with E-state index in [2.05, 4.69) is 15.6 Å². The number of halogens is 3. The van der Waals surface area contributed by atoms with Crippen molar-refractivity contribution in [2.24, 2.45) is 0 Å². The number of aromatic nitrogens is 1. The van der Waals surface area contributed by atoms with Gasteiger partial charge in [0.2, 0.25) is 15.9 Å². The molecule has 1 atom stereocenters. The van der Waals surface area contributed by atoms with Crippen LogP contribution in [-0.2, 0) is 21.0 Å². The topological polar surface area (TPSA) is 91.4 Å². The summed E-state index contributed by atoms with van der Waals surface area (Å²) in [6, 6.07) is 7.65. The Morgan fingerprint density at radius 1 is 1.19 bits per heavy atom. The van der Waals surface area contributed by atoms with E-state index in [-0.39, 0.29) is 30.3 Å². The van der Waals surface area contributed by atoms with E-state index in [1.54, 1.807) is 12.1 Å². The third-order valence-electron chi connectivity index (χ3n) is 4.96. The summed E-state index contributed by atoms with van der Waals surface area (Å²) in [5.41, 5.74) is 0.0243. The van der Waals surface area contributed by atoms with Crippen LogP contribution >= 0.6 is 0 Å². The van der Waals surface area contributed by atoms with Crippen LogP contribution in [0.5, 0.6) is 0 Å². The Bertz CT molecular complexity index is 1030. The van der Waals surface area contributed by atoms with Crippen LogP contribution in [0.25, 0.3) is 0 Å². The van der Waals surface area contributed by atoms with Crippen molar-refractivity contribution in [1.82, 2.24) is 14.6 Å². The SMILES string of the molecule is Cc1ccc(S(=O)(=O)N2CCC[C@H]2C(=O)NCCNc2ncccc2C(F)(F)F)cc1. The molecule has 31 heavy (non-hydrogen) atoms. The number of carbonyl (C=O) groups is 1. The molecule has 1 aliphatic heterocycles. The number of pyridine rings is 1. The fourth-order valence-electron chi connectivity index (χ4n) is 3.39. The lowest BCUT2D eigenvalue weighted by Gasteiger charge is -2.23. The minimum absolute atomic E-state index is 0.00324. The number of hydrogen-bond acceptors (Lipinski definition) is 5. The first kappa shape index (κ1) is 23.0. The third kappa shape index (κ3) is 5.34. The van der Waals surface area contributed by atoms with E-state index in [9.17, 15) is 26.4 Å². The quantitative estimate of drug-likeness (QED) is 0.626. The highest BCUT2D eigenvalue weighted by Gasteiger charge is 2.39. The van der Waals surface area contributed by atoms with Gasteiger partial charge in [0, 0.05) is 25.8 Å². The fourth-order valence-corrected chi connectivity index (χ4v) is 5.05. The smallest absolute Gasteiger partial charge is 0.368 e. The molecule has 1 aliphatic rings. The van der Waals surface area contributed by atoms with Crippen LogP contribution in [0.2, 0.25) is 0 Å². The van der Waals surface area contributed by atoms with Crippen molar-refractivity contribution in [3.05, 3.63) is 53.7 Å². The molecule has 1 aromatic carbocycles. The van der Waals surface area contributed by atoms with Gasteiger partial charge in [-0.25, -0.2) is 13.4 Å². The molecule has 1 aromatic heterocycles. The van der Waals surface area contributed by atoms with Crippen LogP contribution in [0.4, 0.5) is 19.0 Å². The van der Waals surface area contributed by atoms with Gasteiger partial charge in [-0.3, -0.25) is 4.79 Å². The molecule has 2 N–H and O–H groups in total. The molecular formula is C20H23F3N4O3S. The van der Waals surface area contributed by atoms with Crippen molar-refractivity contribution >= 4 is 21.7 Å². The van der Waals surface area contributed by atoms with Crippen LogP contribution in [0.1, 0.15) is 24.0 Å². The van der Waals surface area contributed by atoms with Gasteiger partial charge >= 0.3 is 6.18 Å². The third-order valence-corrected chi connectivity index (χ3v) is 6.89. The number of rotatable bonds is 7. The number of nitrogens with one attached hydrogen (secondary N) is 2. The first-order valence-electron chi connectivity index (χ1n) is 9.73. The molecule has 11 heteroatoms. The normalized spacial score (nSPS) is 17.5. The highest BCUT2D eigenvalue weighted by Crippen LogP contribution is 2.33. The second-order valence-electron chi connectivity index (χ2n) is 7.20. The molecule has 0 saturated carbocycles. The van der Waals surface area contributed by atoms with E-state index < -0.39 is 33.7 Å². The molecule has 1 amide bonds. The Kier molecular flexibility index (Phi) is 6.85. The summed E-state index contributed by atoms with van der Waals surface area (Å²) in [5.74, 6) is -0.805. The van der Waals surface area contributed by atoms with Crippen LogP contribution in [0, 0.1) is 6.92 Å². The first-order valence-corrected chi connectivity index (χ1v) is 11.2. The molecule has 3 rings (SSSR count). The molecule has 0 aliphatic carbocycles. The van der Waals surface area contributed by atoms with Gasteiger partial charge in [-0.05, 0) is 44.0 Å². The van der Waals surface area contributed by atoms with Gasteiger partial charge < -0.3 is 10.6 Å². The number of carbonyl (C=O) groups excluding carboxylic acids is 1. The summed E-state index contributed by atoms with van der Waals surface area (Å²) < 4.78 is 66.0. The Morgan fingerprint density at radius 2 is 1.90 bits per heavy atom. The number of nitrogens with zero attached hydrogens (tertiary/aromatic N) is 2. The molecule has 0 unspecified atom stereocenters. The van der Waals surface area contributed by atoms with Crippen molar-refractivity contribution in [3.63, 3.8) is 0 Å². The maximum atomic E-state index is 13.0. The Labute approximate surface area is 178 Å². The number of sulfonamides is 1. The van der Waals surface area contributed by atoms with Crippen LogP contribution in [-0.4, -0.2) is 49.3 Å². The highest BCUT2D eigenvalue weighted by atomic mass is 32.2. The predicted molar refractivity (Wildman–Crippen MR) is 109 cm³/mol. The molecule has 168 valence electrons. The minimum Gasteiger partial charge on any atom is -0.368 e. The van der Waals surface area contributed by atoms with Crippen LogP contribution in [0.3, 0.4) is 0 Å². The average molecular weight is 456 g/mol. The lowest BCUT2D eigenvalue weighted by atomic mass is 10.2. The number of aryl methyl sites for hydroxylation is 1. The lowest BCUT2D eigenvalue weighted by molar-refractivity contribution is -0.137. The Balaban J connectivity index is 1.59. The summed E-state index contributed by atoms with van der Waals surface area (Å²) in [7, 11) is -3.82. The van der Waals surface area contributed by atoms with Crippen molar-refractivity contribution < 1.29 is 26.4 Å². The van der Waals surface area contributed by atoms with Gasteiger partial charge in [-0.2, -0.15) is 17.5 Å². The number of benzene rings is 1. The van der Waals surface area contributed by atoms with E-state index >= 15 is 0 Å². The first-order chi connectivity index (χ1) is 14.6. The van der Waals surface area contributed by atoms with Crippen molar-refractivity contribution in [2.45, 2.75) is 36.9 Å². The van der Waals surface area contributed by atoms with Gasteiger partial charge in [0.15, 0.2) is 0 Å². The summed E-state index contributed by atoms with van der Waals surface area (Å²) in [4.78, 5) is 16.4. The van der Waals surface area contributed by atoms with Gasteiger partial charge in [0.05, 0.1) is 10.5 Å². The summed E-state index contributed by atoms with van der Waals surface area (Å²) in [6.45, 7) is 2.10. The van der Waals surface area contributed by atoms with E-state index in [0.29, 0.717) is 12.8 Å². The molecule has 2 heterocycles. The summed E-state index contributed by atoms with van der Waals surface area (Å²) in [6.07, 6.45) is -2.38. The molecular weight excluding hydrogens is 433 g/mol. The van der Waals surface area contributed by atoms with Gasteiger partial charge in [-0.1, -0.05) is 17.7 Å². The van der Waals surface area contributed by atoms with Gasteiger partial charge in [0.1, 0.15) is 11.9 Å². The zero-order chi connectivity index (χ0) is 22.6. The monoisotopic (exact) mass is 456 g/mol. The molecule has 0 bridgehead atoms. The van der Waals surface area contributed by atoms with E-state index in [1.165, 1.54) is 28.7 Å². The van der Waals surface area contributed by atoms with E-state index in [4.69, 9.17) is 0 Å². The Morgan fingerprint density at radius 3 is 2.58 bits per heavy atom. The standard InChI is InChI=1S/C20H23F3N4O3S/c1-14-6-8-15(9-7-14)31(29,30)27-13-3-5-17(27)19(28)26-12-11-25-18-16(20(21,22)23)4-2-10-24-18/h2,4,6-10,17H,3,5,11-13H2,1H3,(H,24,25)(H,26,28)/t17-/m0/s1. The van der Waals surface area contributed by atoms with Gasteiger partial charge in [-0.15, -0.1) is 0 Å². The van der Waals surface area contributed by atoms with Crippen molar-refractivity contribution in [2.75, 3.05) is 25.0 Å². The predicted octanol–water partition coefficient (Wildman–Crippen LogP) is 2.79. The van der Waals surface area contributed by atoms with Crippen LogP contribution in [0.15, 0.2) is 47.5 Å². The lowest BCUT2D eigenvalue weighted by Crippen LogP contribution is -2.46. The molecule has 2 aromatic rings. The average Bonchev–Trinajstić information content (AvgIpc) is 3.22. The molecule has 1 fully saturated rings. The Hall–Kier alpha value is -2.66. The minimum atomic E-state index is -4.55. The van der Waals surface area contributed by atoms with E-state index in [0.717, 1.165) is 11.6 Å². The zero-order valence-electron chi connectivity index (χ0n) is 16.8. The fraction of sp³-hybridized carbons (Fsp3) is 0.400.